The molecule has 2 aromatic carbocycles. The van der Waals surface area contributed by atoms with Crippen LogP contribution in [0.4, 0.5) is 0 Å². The van der Waals surface area contributed by atoms with Gasteiger partial charge in [-0.3, -0.25) is 0 Å². The lowest BCUT2D eigenvalue weighted by atomic mass is 9.69. The molecule has 144 valence electrons. The van der Waals surface area contributed by atoms with E-state index in [0.29, 0.717) is 19.4 Å². The van der Waals surface area contributed by atoms with Gasteiger partial charge < -0.3 is 0 Å². The number of hydrogen-bond donors (Lipinski definition) is 1. The molecule has 2 aromatic rings. The van der Waals surface area contributed by atoms with Crippen LogP contribution in [0.2, 0.25) is 0 Å². The van der Waals surface area contributed by atoms with E-state index in [4.69, 9.17) is 0 Å². The Labute approximate surface area is 159 Å². The summed E-state index contributed by atoms with van der Waals surface area (Å²) in [5.41, 5.74) is 0.767. The lowest BCUT2D eigenvalue weighted by Gasteiger charge is -2.46. The molecule has 0 aliphatic rings. The standard InChI is InChI=1S/C22H33NO2S/c1-6-21(5,7-2)22(8-3,9-4)26(24,25)23-17-19-15-12-14-18-13-10-11-16-20(18)19/h10-16,23H,6-9,17H2,1-5H3. The maximum Gasteiger partial charge on any atom is 0.218 e. The van der Waals surface area contributed by atoms with Gasteiger partial charge in [0.05, 0.1) is 4.75 Å². The Morgan fingerprint density at radius 1 is 0.846 bits per heavy atom. The number of benzene rings is 2. The summed E-state index contributed by atoms with van der Waals surface area (Å²) >= 11 is 0. The number of hydrogen-bond acceptors (Lipinski definition) is 2. The molecule has 3 nitrogen and oxygen atoms in total. The minimum absolute atomic E-state index is 0.249. The first kappa shape index (κ1) is 20.9. The molecule has 0 unspecified atom stereocenters. The summed E-state index contributed by atoms with van der Waals surface area (Å²) in [6, 6.07) is 14.2. The third-order valence-corrected chi connectivity index (χ3v) is 9.27. The molecule has 0 saturated heterocycles. The van der Waals surface area contributed by atoms with Gasteiger partial charge in [0.2, 0.25) is 10.0 Å². The summed E-state index contributed by atoms with van der Waals surface area (Å²) in [5.74, 6) is 0. The first-order chi connectivity index (χ1) is 12.3. The van der Waals surface area contributed by atoms with E-state index in [9.17, 15) is 8.42 Å². The minimum atomic E-state index is -3.48. The molecule has 0 heterocycles. The van der Waals surface area contributed by atoms with Crippen LogP contribution in [0.15, 0.2) is 42.5 Å². The van der Waals surface area contributed by atoms with E-state index in [1.807, 2.05) is 44.2 Å². The molecule has 1 N–H and O–H groups in total. The Morgan fingerprint density at radius 3 is 2.00 bits per heavy atom. The zero-order chi connectivity index (χ0) is 19.4. The van der Waals surface area contributed by atoms with E-state index in [2.05, 4.69) is 37.6 Å². The van der Waals surface area contributed by atoms with Crippen molar-refractivity contribution in [2.75, 3.05) is 0 Å². The van der Waals surface area contributed by atoms with Gasteiger partial charge in [0.15, 0.2) is 0 Å². The van der Waals surface area contributed by atoms with Crippen molar-refractivity contribution >= 4 is 20.8 Å². The van der Waals surface area contributed by atoms with Gasteiger partial charge in [-0.2, -0.15) is 0 Å². The van der Waals surface area contributed by atoms with Crippen LogP contribution in [-0.4, -0.2) is 13.2 Å². The molecule has 0 aliphatic carbocycles. The molecule has 2 rings (SSSR count). The van der Waals surface area contributed by atoms with Crippen molar-refractivity contribution in [1.82, 2.24) is 4.72 Å². The molecular formula is C22H33NO2S. The number of sulfonamides is 1. The maximum absolute atomic E-state index is 13.5. The van der Waals surface area contributed by atoms with Crippen LogP contribution in [0.5, 0.6) is 0 Å². The highest BCUT2D eigenvalue weighted by molar-refractivity contribution is 7.90. The van der Waals surface area contributed by atoms with E-state index >= 15 is 0 Å². The van der Waals surface area contributed by atoms with Crippen molar-refractivity contribution in [3.05, 3.63) is 48.0 Å². The lowest BCUT2D eigenvalue weighted by Crippen LogP contribution is -2.55. The maximum atomic E-state index is 13.5. The third kappa shape index (κ3) is 3.41. The van der Waals surface area contributed by atoms with Crippen LogP contribution in [0.1, 0.15) is 65.9 Å². The Kier molecular flexibility index (Phi) is 6.51. The van der Waals surface area contributed by atoms with Crippen molar-refractivity contribution in [2.24, 2.45) is 5.41 Å². The van der Waals surface area contributed by atoms with E-state index in [1.165, 1.54) is 0 Å². The molecule has 26 heavy (non-hydrogen) atoms. The summed E-state index contributed by atoms with van der Waals surface area (Å²) < 4.78 is 29.2. The molecule has 0 amide bonds. The molecule has 0 spiro atoms. The van der Waals surface area contributed by atoms with Gasteiger partial charge in [0.1, 0.15) is 0 Å². The largest absolute Gasteiger partial charge is 0.218 e. The zero-order valence-corrected chi connectivity index (χ0v) is 17.6. The first-order valence-electron chi connectivity index (χ1n) is 9.76. The second-order valence-corrected chi connectivity index (χ2v) is 9.51. The molecule has 0 fully saturated rings. The molecular weight excluding hydrogens is 342 g/mol. The van der Waals surface area contributed by atoms with Gasteiger partial charge in [-0.25, -0.2) is 13.1 Å². The van der Waals surface area contributed by atoms with Gasteiger partial charge in [-0.05, 0) is 47.4 Å². The lowest BCUT2D eigenvalue weighted by molar-refractivity contribution is 0.178. The Hall–Kier alpha value is -1.39. The average Bonchev–Trinajstić information content (AvgIpc) is 2.67. The molecule has 0 radical (unpaired) electrons. The smallest absolute Gasteiger partial charge is 0.212 e. The summed E-state index contributed by atoms with van der Waals surface area (Å²) in [6.07, 6.45) is 2.93. The third-order valence-electron chi connectivity index (χ3n) is 6.65. The van der Waals surface area contributed by atoms with Gasteiger partial charge in [-0.15, -0.1) is 0 Å². The molecule has 0 aliphatic heterocycles. The Morgan fingerprint density at radius 2 is 1.42 bits per heavy atom. The fraction of sp³-hybridized carbons (Fsp3) is 0.545. The predicted molar refractivity (Wildman–Crippen MR) is 112 cm³/mol. The van der Waals surface area contributed by atoms with E-state index in [1.54, 1.807) is 0 Å². The average molecular weight is 376 g/mol. The van der Waals surface area contributed by atoms with Gasteiger partial charge >= 0.3 is 0 Å². The van der Waals surface area contributed by atoms with E-state index < -0.39 is 14.8 Å². The number of nitrogens with one attached hydrogen (secondary N) is 1. The zero-order valence-electron chi connectivity index (χ0n) is 16.8. The highest BCUT2D eigenvalue weighted by Gasteiger charge is 2.52. The Bertz CT molecular complexity index is 829. The molecule has 0 atom stereocenters. The summed E-state index contributed by atoms with van der Waals surface area (Å²) in [4.78, 5) is 0. The van der Waals surface area contributed by atoms with Crippen molar-refractivity contribution < 1.29 is 8.42 Å². The van der Waals surface area contributed by atoms with Crippen LogP contribution in [0.3, 0.4) is 0 Å². The predicted octanol–water partition coefficient (Wildman–Crippen LogP) is 5.64. The first-order valence-corrected chi connectivity index (χ1v) is 11.2. The molecule has 0 aromatic heterocycles. The van der Waals surface area contributed by atoms with Gasteiger partial charge in [0, 0.05) is 6.54 Å². The van der Waals surface area contributed by atoms with Crippen molar-refractivity contribution in [2.45, 2.75) is 71.6 Å². The van der Waals surface area contributed by atoms with Crippen LogP contribution in [0, 0.1) is 5.41 Å². The number of fused-ring (bicyclic) bond motifs is 1. The van der Waals surface area contributed by atoms with Crippen LogP contribution < -0.4 is 4.72 Å². The SMILES string of the molecule is CCC(C)(CC)C(CC)(CC)S(=O)(=O)NCc1cccc2ccccc12. The minimum Gasteiger partial charge on any atom is -0.212 e. The van der Waals surface area contributed by atoms with Crippen molar-refractivity contribution in [3.8, 4) is 0 Å². The monoisotopic (exact) mass is 375 g/mol. The summed E-state index contributed by atoms with van der Waals surface area (Å²) in [7, 11) is -3.48. The highest BCUT2D eigenvalue weighted by atomic mass is 32.2. The molecule has 0 bridgehead atoms. The van der Waals surface area contributed by atoms with Crippen molar-refractivity contribution in [3.63, 3.8) is 0 Å². The molecule has 0 saturated carbocycles. The normalized spacial score (nSPS) is 13.3. The van der Waals surface area contributed by atoms with Gasteiger partial charge in [-0.1, -0.05) is 77.1 Å². The van der Waals surface area contributed by atoms with E-state index in [0.717, 1.165) is 29.2 Å². The van der Waals surface area contributed by atoms with E-state index in [-0.39, 0.29) is 5.41 Å². The topological polar surface area (TPSA) is 46.2 Å². The van der Waals surface area contributed by atoms with Crippen LogP contribution >= 0.6 is 0 Å². The highest BCUT2D eigenvalue weighted by Crippen LogP contribution is 2.47. The number of rotatable bonds is 9. The fourth-order valence-corrected chi connectivity index (χ4v) is 6.78. The van der Waals surface area contributed by atoms with Crippen LogP contribution in [-0.2, 0) is 16.6 Å². The van der Waals surface area contributed by atoms with Crippen molar-refractivity contribution in [1.29, 1.82) is 0 Å². The quantitative estimate of drug-likeness (QED) is 0.616. The van der Waals surface area contributed by atoms with Crippen LogP contribution in [0.25, 0.3) is 10.8 Å². The Balaban J connectivity index is 2.39. The second-order valence-electron chi connectivity index (χ2n) is 7.43. The second kappa shape index (κ2) is 8.10. The summed E-state index contributed by atoms with van der Waals surface area (Å²) in [6.45, 7) is 10.7. The fourth-order valence-electron chi connectivity index (χ4n) is 4.46. The summed E-state index contributed by atoms with van der Waals surface area (Å²) in [5, 5.41) is 2.23. The molecule has 4 heteroatoms. The van der Waals surface area contributed by atoms with Gasteiger partial charge in [0.25, 0.3) is 0 Å².